The van der Waals surface area contributed by atoms with Crippen molar-refractivity contribution in [3.05, 3.63) is 42.5 Å². The molecule has 0 radical (unpaired) electrons. The fourth-order valence-corrected chi connectivity index (χ4v) is 2.88. The molecule has 1 saturated heterocycles. The van der Waals surface area contributed by atoms with Crippen LogP contribution in [0.1, 0.15) is 26.7 Å². The van der Waals surface area contributed by atoms with Crippen molar-refractivity contribution < 1.29 is 9.13 Å². The van der Waals surface area contributed by atoms with Gasteiger partial charge in [0.25, 0.3) is 5.88 Å². The monoisotopic (exact) mass is 330 g/mol. The molecule has 0 amide bonds. The van der Waals surface area contributed by atoms with E-state index in [0.717, 1.165) is 31.6 Å². The third-order valence-corrected chi connectivity index (χ3v) is 4.02. The Morgan fingerprint density at radius 1 is 1.21 bits per heavy atom. The van der Waals surface area contributed by atoms with Crippen LogP contribution >= 0.6 is 0 Å². The number of nitrogens with one attached hydrogen (secondary N) is 1. The summed E-state index contributed by atoms with van der Waals surface area (Å²) in [6, 6.07) is 7.08. The molecule has 6 heteroatoms. The Kier molecular flexibility index (Phi) is 5.13. The van der Waals surface area contributed by atoms with E-state index in [0.29, 0.717) is 17.7 Å². The van der Waals surface area contributed by atoms with Gasteiger partial charge in [0, 0.05) is 37.2 Å². The summed E-state index contributed by atoms with van der Waals surface area (Å²) in [6.07, 6.45) is 5.26. The number of ether oxygens (including phenoxy) is 1. The van der Waals surface area contributed by atoms with Gasteiger partial charge in [0.05, 0.1) is 6.10 Å². The summed E-state index contributed by atoms with van der Waals surface area (Å²) in [4.78, 5) is 10.8. The third kappa shape index (κ3) is 4.13. The summed E-state index contributed by atoms with van der Waals surface area (Å²) in [5, 5.41) is 3.44. The summed E-state index contributed by atoms with van der Waals surface area (Å²) in [5.74, 6) is 1.04. The van der Waals surface area contributed by atoms with E-state index in [9.17, 15) is 4.39 Å². The first kappa shape index (κ1) is 16.5. The van der Waals surface area contributed by atoms with Gasteiger partial charge in [0.15, 0.2) is 5.82 Å². The Morgan fingerprint density at radius 2 is 1.96 bits per heavy atom. The van der Waals surface area contributed by atoms with Gasteiger partial charge in [-0.25, -0.2) is 14.4 Å². The van der Waals surface area contributed by atoms with Crippen LogP contribution in [0.15, 0.2) is 36.7 Å². The van der Waals surface area contributed by atoms with Crippen molar-refractivity contribution in [2.24, 2.45) is 0 Å². The molecule has 1 aliphatic heterocycles. The molecule has 0 unspecified atom stereocenters. The van der Waals surface area contributed by atoms with Crippen LogP contribution in [-0.4, -0.2) is 35.2 Å². The number of hydrogen-bond acceptors (Lipinski definition) is 5. The molecule has 1 aromatic carbocycles. The Balaban J connectivity index is 1.60. The van der Waals surface area contributed by atoms with E-state index in [-0.39, 0.29) is 11.9 Å². The summed E-state index contributed by atoms with van der Waals surface area (Å²) in [6.45, 7) is 5.69. The molecule has 3 rings (SSSR count). The molecule has 1 fully saturated rings. The number of aromatic nitrogens is 2. The van der Waals surface area contributed by atoms with Crippen molar-refractivity contribution in [2.45, 2.75) is 38.8 Å². The van der Waals surface area contributed by atoms with Crippen LogP contribution in [0.4, 0.5) is 15.9 Å². The lowest BCUT2D eigenvalue weighted by molar-refractivity contribution is 0.233. The second kappa shape index (κ2) is 7.47. The first-order chi connectivity index (χ1) is 11.6. The average Bonchev–Trinajstić information content (AvgIpc) is 2.57. The minimum atomic E-state index is -0.192. The van der Waals surface area contributed by atoms with Crippen LogP contribution in [0.2, 0.25) is 0 Å². The van der Waals surface area contributed by atoms with Gasteiger partial charge >= 0.3 is 0 Å². The van der Waals surface area contributed by atoms with E-state index < -0.39 is 0 Å². The largest absolute Gasteiger partial charge is 0.472 e. The van der Waals surface area contributed by atoms with Gasteiger partial charge in [-0.1, -0.05) is 6.07 Å². The van der Waals surface area contributed by atoms with Gasteiger partial charge < -0.3 is 15.0 Å². The molecule has 128 valence electrons. The van der Waals surface area contributed by atoms with Crippen molar-refractivity contribution in [3.63, 3.8) is 0 Å². The second-order valence-corrected chi connectivity index (χ2v) is 6.26. The maximum Gasteiger partial charge on any atom is 0.257 e. The topological polar surface area (TPSA) is 50.3 Å². The lowest BCUT2D eigenvalue weighted by Gasteiger charge is -2.34. The summed E-state index contributed by atoms with van der Waals surface area (Å²) < 4.78 is 19.1. The predicted octanol–water partition coefficient (Wildman–Crippen LogP) is 3.48. The highest BCUT2D eigenvalue weighted by atomic mass is 19.1. The molecule has 1 aromatic heterocycles. The summed E-state index contributed by atoms with van der Waals surface area (Å²) in [7, 11) is 0. The maximum absolute atomic E-state index is 13.4. The first-order valence-electron chi connectivity index (χ1n) is 8.36. The molecule has 0 saturated carbocycles. The molecule has 2 heterocycles. The summed E-state index contributed by atoms with van der Waals surface area (Å²) >= 11 is 0. The van der Waals surface area contributed by atoms with Crippen LogP contribution in [0, 0.1) is 5.82 Å². The molecular formula is C18H23FN4O. The van der Waals surface area contributed by atoms with Crippen LogP contribution in [0.5, 0.6) is 5.88 Å². The first-order valence-corrected chi connectivity index (χ1v) is 8.36. The second-order valence-electron chi connectivity index (χ2n) is 6.26. The van der Waals surface area contributed by atoms with Gasteiger partial charge in [-0.05, 0) is 44.9 Å². The van der Waals surface area contributed by atoms with Gasteiger partial charge in [-0.15, -0.1) is 0 Å². The summed E-state index contributed by atoms with van der Waals surface area (Å²) in [5.41, 5.74) is 0.941. The minimum Gasteiger partial charge on any atom is -0.472 e. The number of rotatable bonds is 5. The van der Waals surface area contributed by atoms with Gasteiger partial charge in [0.1, 0.15) is 5.82 Å². The number of anilines is 2. The Bertz CT molecular complexity index is 672. The Hall–Kier alpha value is -2.37. The zero-order chi connectivity index (χ0) is 16.9. The molecular weight excluding hydrogens is 307 g/mol. The number of hydrogen-bond donors (Lipinski definition) is 1. The highest BCUT2D eigenvalue weighted by Gasteiger charge is 2.21. The van der Waals surface area contributed by atoms with E-state index in [1.54, 1.807) is 24.5 Å². The van der Waals surface area contributed by atoms with Crippen molar-refractivity contribution in [2.75, 3.05) is 23.3 Å². The molecule has 0 atom stereocenters. The zero-order valence-electron chi connectivity index (χ0n) is 14.1. The minimum absolute atomic E-state index is 0.0528. The van der Waals surface area contributed by atoms with Gasteiger partial charge in [-0.2, -0.15) is 0 Å². The Labute approximate surface area is 141 Å². The number of nitrogens with zero attached hydrogens (tertiary/aromatic N) is 3. The van der Waals surface area contributed by atoms with E-state index in [1.165, 1.54) is 6.07 Å². The molecule has 0 aliphatic carbocycles. The van der Waals surface area contributed by atoms with Gasteiger partial charge in [0.2, 0.25) is 0 Å². The van der Waals surface area contributed by atoms with Gasteiger partial charge in [-0.3, -0.25) is 0 Å². The molecule has 1 aliphatic rings. The maximum atomic E-state index is 13.4. The number of halogens is 1. The van der Waals surface area contributed by atoms with E-state index in [2.05, 4.69) is 20.2 Å². The lowest BCUT2D eigenvalue weighted by atomic mass is 10.0. The van der Waals surface area contributed by atoms with Crippen LogP contribution in [0.3, 0.4) is 0 Å². The fraction of sp³-hybridized carbons (Fsp3) is 0.444. The molecule has 5 nitrogen and oxygen atoms in total. The molecule has 0 bridgehead atoms. The van der Waals surface area contributed by atoms with Crippen molar-refractivity contribution >= 4 is 11.5 Å². The fourth-order valence-electron chi connectivity index (χ4n) is 2.88. The van der Waals surface area contributed by atoms with E-state index in [4.69, 9.17) is 4.74 Å². The zero-order valence-corrected chi connectivity index (χ0v) is 14.1. The van der Waals surface area contributed by atoms with Crippen LogP contribution < -0.4 is 15.0 Å². The van der Waals surface area contributed by atoms with Crippen LogP contribution in [0.25, 0.3) is 0 Å². The molecule has 1 N–H and O–H groups in total. The lowest BCUT2D eigenvalue weighted by Crippen LogP contribution is -2.39. The molecule has 2 aromatic rings. The quantitative estimate of drug-likeness (QED) is 0.909. The number of benzene rings is 1. The number of piperidine rings is 1. The van der Waals surface area contributed by atoms with E-state index >= 15 is 0 Å². The predicted molar refractivity (Wildman–Crippen MR) is 93.1 cm³/mol. The third-order valence-electron chi connectivity index (χ3n) is 4.02. The highest BCUT2D eigenvalue weighted by Crippen LogP contribution is 2.25. The van der Waals surface area contributed by atoms with Crippen molar-refractivity contribution in [1.82, 2.24) is 9.97 Å². The van der Waals surface area contributed by atoms with Crippen molar-refractivity contribution in [3.8, 4) is 5.88 Å². The van der Waals surface area contributed by atoms with Crippen LogP contribution in [-0.2, 0) is 0 Å². The van der Waals surface area contributed by atoms with Crippen molar-refractivity contribution in [1.29, 1.82) is 0 Å². The molecule has 24 heavy (non-hydrogen) atoms. The average molecular weight is 330 g/mol. The standard InChI is InChI=1S/C18H23FN4O/c1-13(2)24-18-17(20-8-9-21-18)22-15-6-10-23(11-7-15)16-5-3-4-14(19)12-16/h3-5,8-9,12-13,15H,6-7,10-11H2,1-2H3,(H,20,22). The SMILES string of the molecule is CC(C)Oc1nccnc1NC1CCN(c2cccc(F)c2)CC1. The molecule has 0 spiro atoms. The normalized spacial score (nSPS) is 15.6. The highest BCUT2D eigenvalue weighted by molar-refractivity contribution is 5.48. The van der Waals surface area contributed by atoms with E-state index in [1.807, 2.05) is 19.9 Å². The smallest absolute Gasteiger partial charge is 0.257 e. The Morgan fingerprint density at radius 3 is 2.67 bits per heavy atom.